The van der Waals surface area contributed by atoms with Crippen LogP contribution in [0.1, 0.15) is 10.5 Å². The van der Waals surface area contributed by atoms with Crippen molar-refractivity contribution in [3.05, 3.63) is 84.6 Å². The first kappa shape index (κ1) is 16.9. The zero-order valence-electron chi connectivity index (χ0n) is 15.1. The molecule has 3 aromatic carbocycles. The lowest BCUT2D eigenvalue weighted by molar-refractivity contribution is 0.0691. The van der Waals surface area contributed by atoms with Crippen molar-refractivity contribution in [1.29, 1.82) is 0 Å². The largest absolute Gasteiger partial charge is 0.476 e. The molecule has 5 aromatic rings. The van der Waals surface area contributed by atoms with Gasteiger partial charge in [-0.2, -0.15) is 0 Å². The van der Waals surface area contributed by atoms with Crippen LogP contribution >= 0.6 is 0 Å². The Morgan fingerprint density at radius 2 is 1.59 bits per heavy atom. The molecule has 0 saturated heterocycles. The maximum Gasteiger partial charge on any atom is 0.358 e. The molecule has 5 rings (SSSR count). The van der Waals surface area contributed by atoms with Crippen molar-refractivity contribution >= 4 is 16.9 Å². The van der Waals surface area contributed by atoms with Gasteiger partial charge in [0.25, 0.3) is 0 Å². The molecular formula is C22H14N4O3. The molecule has 0 amide bonds. The molecular weight excluding hydrogens is 368 g/mol. The van der Waals surface area contributed by atoms with Gasteiger partial charge in [-0.3, -0.25) is 0 Å². The highest BCUT2D eigenvalue weighted by Crippen LogP contribution is 2.32. The van der Waals surface area contributed by atoms with Gasteiger partial charge < -0.3 is 9.63 Å². The topological polar surface area (TPSA) is 94.0 Å². The van der Waals surface area contributed by atoms with Crippen LogP contribution in [0.3, 0.4) is 0 Å². The first-order valence-corrected chi connectivity index (χ1v) is 8.92. The average molecular weight is 382 g/mol. The van der Waals surface area contributed by atoms with E-state index in [2.05, 4.69) is 15.5 Å². The number of aromatic nitrogens is 4. The molecule has 7 heteroatoms. The molecule has 29 heavy (non-hydrogen) atoms. The number of fused-ring (bicyclic) bond motifs is 1. The predicted molar refractivity (Wildman–Crippen MR) is 107 cm³/mol. The summed E-state index contributed by atoms with van der Waals surface area (Å²) in [6, 6.07) is 24.4. The maximum atomic E-state index is 11.7. The molecule has 0 aliphatic rings. The van der Waals surface area contributed by atoms with Crippen molar-refractivity contribution < 1.29 is 14.4 Å². The lowest BCUT2D eigenvalue weighted by atomic mass is 10.1. The van der Waals surface area contributed by atoms with E-state index in [-0.39, 0.29) is 5.69 Å². The number of benzene rings is 3. The summed E-state index contributed by atoms with van der Waals surface area (Å²) in [4.78, 5) is 11.7. The Balaban J connectivity index is 1.72. The summed E-state index contributed by atoms with van der Waals surface area (Å²) < 4.78 is 7.09. The second-order valence-corrected chi connectivity index (χ2v) is 6.45. The Bertz CT molecular complexity index is 1320. The Kier molecular flexibility index (Phi) is 3.91. The molecule has 0 aliphatic heterocycles. The number of carboxylic acids is 1. The molecule has 0 atom stereocenters. The predicted octanol–water partition coefficient (Wildman–Crippen LogP) is 4.44. The Labute approximate surface area is 164 Å². The zero-order chi connectivity index (χ0) is 19.8. The fourth-order valence-corrected chi connectivity index (χ4v) is 3.32. The third kappa shape index (κ3) is 2.85. The van der Waals surface area contributed by atoms with Gasteiger partial charge in [0.1, 0.15) is 11.2 Å². The van der Waals surface area contributed by atoms with Crippen molar-refractivity contribution in [2.75, 3.05) is 0 Å². The molecule has 140 valence electrons. The smallest absolute Gasteiger partial charge is 0.358 e. The van der Waals surface area contributed by atoms with Crippen molar-refractivity contribution in [2.24, 2.45) is 0 Å². The molecule has 0 aliphatic carbocycles. The zero-order valence-corrected chi connectivity index (χ0v) is 15.1. The van der Waals surface area contributed by atoms with Crippen LogP contribution in [0.25, 0.3) is 39.2 Å². The minimum Gasteiger partial charge on any atom is -0.476 e. The SMILES string of the molecule is O=C(O)c1nnn(-c2ccc3noc(-c4ccccc4)c3c2)c1-c1ccccc1. The standard InChI is InChI=1S/C22H14N4O3/c27-22(28)19-20(14-7-3-1-4-8-14)26(25-23-19)16-11-12-18-17(13-16)21(29-24-18)15-9-5-2-6-10-15/h1-13H,(H,27,28). The van der Waals surface area contributed by atoms with Crippen LogP contribution in [0.5, 0.6) is 0 Å². The maximum absolute atomic E-state index is 11.7. The van der Waals surface area contributed by atoms with E-state index in [0.29, 0.717) is 28.2 Å². The minimum atomic E-state index is -1.13. The number of hydrogen-bond acceptors (Lipinski definition) is 5. The monoisotopic (exact) mass is 382 g/mol. The fraction of sp³-hybridized carbons (Fsp3) is 0. The molecule has 7 nitrogen and oxygen atoms in total. The van der Waals surface area contributed by atoms with Crippen LogP contribution in [-0.2, 0) is 0 Å². The van der Waals surface area contributed by atoms with Gasteiger partial charge in [0, 0.05) is 11.1 Å². The summed E-state index contributed by atoms with van der Waals surface area (Å²) in [5, 5.41) is 22.5. The first-order valence-electron chi connectivity index (χ1n) is 8.92. The van der Waals surface area contributed by atoms with Gasteiger partial charge in [0.15, 0.2) is 11.5 Å². The molecule has 0 unspecified atom stereocenters. The number of carboxylic acid groups (broad SMARTS) is 1. The highest BCUT2D eigenvalue weighted by Gasteiger charge is 2.22. The lowest BCUT2D eigenvalue weighted by Gasteiger charge is -2.07. The molecule has 0 radical (unpaired) electrons. The Morgan fingerprint density at radius 1 is 0.897 bits per heavy atom. The lowest BCUT2D eigenvalue weighted by Crippen LogP contribution is -2.03. The Hall–Kier alpha value is -4.26. The third-order valence-corrected chi connectivity index (χ3v) is 4.66. The number of nitrogens with zero attached hydrogens (tertiary/aromatic N) is 4. The second kappa shape index (κ2) is 6.72. The van der Waals surface area contributed by atoms with E-state index in [1.54, 1.807) is 0 Å². The summed E-state index contributed by atoms with van der Waals surface area (Å²) in [5.41, 5.74) is 3.29. The number of rotatable bonds is 4. The van der Waals surface area contributed by atoms with Crippen molar-refractivity contribution in [1.82, 2.24) is 20.2 Å². The third-order valence-electron chi connectivity index (χ3n) is 4.66. The molecule has 2 aromatic heterocycles. The fourth-order valence-electron chi connectivity index (χ4n) is 3.32. The second-order valence-electron chi connectivity index (χ2n) is 6.45. The molecule has 2 heterocycles. The normalized spacial score (nSPS) is 11.0. The summed E-state index contributed by atoms with van der Waals surface area (Å²) in [6.45, 7) is 0. The van der Waals surface area contributed by atoms with E-state index in [1.807, 2.05) is 78.9 Å². The van der Waals surface area contributed by atoms with Gasteiger partial charge in [-0.05, 0) is 18.2 Å². The van der Waals surface area contributed by atoms with E-state index in [0.717, 1.165) is 10.9 Å². The van der Waals surface area contributed by atoms with Crippen molar-refractivity contribution in [3.8, 4) is 28.3 Å². The number of aromatic carboxylic acids is 1. The highest BCUT2D eigenvalue weighted by atomic mass is 16.5. The molecule has 1 N–H and O–H groups in total. The quantitative estimate of drug-likeness (QED) is 0.494. The molecule has 0 saturated carbocycles. The van der Waals surface area contributed by atoms with Crippen LogP contribution in [0, 0.1) is 0 Å². The van der Waals surface area contributed by atoms with Crippen molar-refractivity contribution in [3.63, 3.8) is 0 Å². The summed E-state index contributed by atoms with van der Waals surface area (Å²) in [7, 11) is 0. The van der Waals surface area contributed by atoms with Gasteiger partial charge in [0.2, 0.25) is 0 Å². The van der Waals surface area contributed by atoms with Gasteiger partial charge in [-0.15, -0.1) is 5.10 Å². The van der Waals surface area contributed by atoms with Gasteiger partial charge in [-0.1, -0.05) is 71.0 Å². The van der Waals surface area contributed by atoms with Gasteiger partial charge in [0.05, 0.1) is 11.1 Å². The van der Waals surface area contributed by atoms with E-state index in [9.17, 15) is 9.90 Å². The Morgan fingerprint density at radius 3 is 2.28 bits per heavy atom. The van der Waals surface area contributed by atoms with Crippen LogP contribution in [0.2, 0.25) is 0 Å². The summed E-state index contributed by atoms with van der Waals surface area (Å²) in [5.74, 6) is -0.492. The number of carbonyl (C=O) groups is 1. The van der Waals surface area contributed by atoms with Crippen LogP contribution in [0.4, 0.5) is 0 Å². The minimum absolute atomic E-state index is 0.107. The summed E-state index contributed by atoms with van der Waals surface area (Å²) in [6.07, 6.45) is 0. The molecule has 0 bridgehead atoms. The number of hydrogen-bond donors (Lipinski definition) is 1. The van der Waals surface area contributed by atoms with E-state index in [1.165, 1.54) is 4.68 Å². The van der Waals surface area contributed by atoms with Gasteiger partial charge in [-0.25, -0.2) is 9.48 Å². The molecule has 0 spiro atoms. The van der Waals surface area contributed by atoms with Gasteiger partial charge >= 0.3 is 5.97 Å². The van der Waals surface area contributed by atoms with E-state index >= 15 is 0 Å². The molecule has 0 fully saturated rings. The van der Waals surface area contributed by atoms with E-state index < -0.39 is 5.97 Å². The van der Waals surface area contributed by atoms with E-state index in [4.69, 9.17) is 4.52 Å². The first-order chi connectivity index (χ1) is 14.2. The highest BCUT2D eigenvalue weighted by molar-refractivity contribution is 5.95. The average Bonchev–Trinajstić information content (AvgIpc) is 3.39. The van der Waals surface area contributed by atoms with Crippen molar-refractivity contribution in [2.45, 2.75) is 0 Å². The van der Waals surface area contributed by atoms with Crippen LogP contribution in [-0.4, -0.2) is 31.2 Å². The van der Waals surface area contributed by atoms with Crippen LogP contribution < -0.4 is 0 Å². The summed E-state index contributed by atoms with van der Waals surface area (Å²) >= 11 is 0. The van der Waals surface area contributed by atoms with Crippen LogP contribution in [0.15, 0.2) is 83.4 Å².